The number of aliphatic hydroxyl groups excluding tert-OH is 1. The lowest BCUT2D eigenvalue weighted by Crippen LogP contribution is -2.36. The maximum Gasteiger partial charge on any atom is 0.573 e. The number of alkyl halides is 3. The molecule has 7 heteroatoms. The van der Waals surface area contributed by atoms with Crippen LogP contribution in [0.25, 0.3) is 0 Å². The highest BCUT2D eigenvalue weighted by Crippen LogP contribution is 2.26. The van der Waals surface area contributed by atoms with Crippen LogP contribution in [0.4, 0.5) is 13.2 Å². The summed E-state index contributed by atoms with van der Waals surface area (Å²) in [5, 5.41) is 11.9. The van der Waals surface area contributed by atoms with Crippen LogP contribution in [0.1, 0.15) is 5.56 Å². The minimum absolute atomic E-state index is 0.140. The molecule has 0 aliphatic heterocycles. The molecule has 1 rings (SSSR count). The number of halogens is 3. The van der Waals surface area contributed by atoms with Crippen molar-refractivity contribution in [1.29, 1.82) is 0 Å². The van der Waals surface area contributed by atoms with Crippen molar-refractivity contribution in [3.8, 4) is 5.75 Å². The highest BCUT2D eigenvalue weighted by Gasteiger charge is 2.31. The van der Waals surface area contributed by atoms with Crippen molar-refractivity contribution in [3.05, 3.63) is 29.8 Å². The number of hydrogen-bond acceptors (Lipinski definition) is 4. The number of rotatable bonds is 7. The van der Waals surface area contributed by atoms with Gasteiger partial charge in [-0.1, -0.05) is 18.2 Å². The minimum atomic E-state index is -4.72. The summed E-state index contributed by atoms with van der Waals surface area (Å²) in [6, 6.07) is 5.50. The van der Waals surface area contributed by atoms with E-state index in [2.05, 4.69) is 10.1 Å². The molecule has 0 aromatic heterocycles. The molecular formula is C12H16F3NO3. The molecule has 1 aromatic rings. The average molecular weight is 279 g/mol. The molecule has 2 N–H and O–H groups in total. The molecule has 0 fully saturated rings. The molecule has 0 aliphatic rings. The fraction of sp³-hybridized carbons (Fsp3) is 0.500. The molecule has 0 spiro atoms. The average Bonchev–Trinajstić information content (AvgIpc) is 2.34. The zero-order valence-corrected chi connectivity index (χ0v) is 10.4. The van der Waals surface area contributed by atoms with E-state index in [1.54, 1.807) is 6.07 Å². The molecule has 1 unspecified atom stereocenters. The zero-order chi connectivity index (χ0) is 14.3. The Labute approximate surface area is 109 Å². The second-order valence-corrected chi connectivity index (χ2v) is 3.87. The second kappa shape index (κ2) is 7.32. The van der Waals surface area contributed by atoms with Gasteiger partial charge in [0.05, 0.1) is 19.3 Å². The fourth-order valence-corrected chi connectivity index (χ4v) is 1.51. The molecule has 0 radical (unpaired) electrons. The molecule has 108 valence electrons. The standard InChI is InChI=1S/C12H16F3NO3/c1-18-8-10(7-17)16-6-9-4-2-3-5-11(9)19-12(13,14)15/h2-5,10,16-17H,6-8H2,1H3. The van der Waals surface area contributed by atoms with E-state index in [4.69, 9.17) is 9.84 Å². The number of aliphatic hydroxyl groups is 1. The maximum absolute atomic E-state index is 12.2. The number of benzene rings is 1. The third-order valence-electron chi connectivity index (χ3n) is 2.37. The molecule has 0 amide bonds. The van der Waals surface area contributed by atoms with E-state index in [1.165, 1.54) is 25.3 Å². The summed E-state index contributed by atoms with van der Waals surface area (Å²) in [6.07, 6.45) is -4.72. The van der Waals surface area contributed by atoms with E-state index in [0.29, 0.717) is 5.56 Å². The topological polar surface area (TPSA) is 50.7 Å². The maximum atomic E-state index is 12.2. The first-order valence-electron chi connectivity index (χ1n) is 5.63. The third-order valence-corrected chi connectivity index (χ3v) is 2.37. The monoisotopic (exact) mass is 279 g/mol. The SMILES string of the molecule is COCC(CO)NCc1ccccc1OC(F)(F)F. The molecule has 0 saturated carbocycles. The Morgan fingerprint density at radius 3 is 2.58 bits per heavy atom. The van der Waals surface area contributed by atoms with E-state index < -0.39 is 6.36 Å². The van der Waals surface area contributed by atoms with Crippen LogP contribution < -0.4 is 10.1 Å². The molecule has 0 saturated heterocycles. The van der Waals surface area contributed by atoms with Crippen LogP contribution in [-0.4, -0.2) is 37.8 Å². The molecule has 1 atom stereocenters. The van der Waals surface area contributed by atoms with E-state index in [-0.39, 0.29) is 31.5 Å². The van der Waals surface area contributed by atoms with Crippen molar-refractivity contribution in [1.82, 2.24) is 5.32 Å². The lowest BCUT2D eigenvalue weighted by Gasteiger charge is -2.17. The predicted molar refractivity (Wildman–Crippen MR) is 62.7 cm³/mol. The highest BCUT2D eigenvalue weighted by atomic mass is 19.4. The minimum Gasteiger partial charge on any atom is -0.405 e. The van der Waals surface area contributed by atoms with Gasteiger partial charge in [-0.05, 0) is 6.07 Å². The fourth-order valence-electron chi connectivity index (χ4n) is 1.51. The van der Waals surface area contributed by atoms with Gasteiger partial charge in [0.15, 0.2) is 0 Å². The number of methoxy groups -OCH3 is 1. The summed E-state index contributed by atoms with van der Waals surface area (Å²) < 4.78 is 45.4. The van der Waals surface area contributed by atoms with Gasteiger partial charge in [-0.25, -0.2) is 0 Å². The largest absolute Gasteiger partial charge is 0.573 e. The summed E-state index contributed by atoms with van der Waals surface area (Å²) >= 11 is 0. The van der Waals surface area contributed by atoms with E-state index in [9.17, 15) is 13.2 Å². The summed E-state index contributed by atoms with van der Waals surface area (Å²) in [5.41, 5.74) is 0.356. The highest BCUT2D eigenvalue weighted by molar-refractivity contribution is 5.33. The Morgan fingerprint density at radius 1 is 1.32 bits per heavy atom. The van der Waals surface area contributed by atoms with Crippen LogP contribution >= 0.6 is 0 Å². The van der Waals surface area contributed by atoms with Crippen LogP contribution in [0.5, 0.6) is 5.75 Å². The lowest BCUT2D eigenvalue weighted by atomic mass is 10.2. The van der Waals surface area contributed by atoms with Gasteiger partial charge in [0.1, 0.15) is 5.75 Å². The van der Waals surface area contributed by atoms with Crippen molar-refractivity contribution in [2.24, 2.45) is 0 Å². The van der Waals surface area contributed by atoms with Crippen LogP contribution in [0.15, 0.2) is 24.3 Å². The van der Waals surface area contributed by atoms with Gasteiger partial charge in [0.2, 0.25) is 0 Å². The Bertz CT molecular complexity index is 385. The number of nitrogens with one attached hydrogen (secondary N) is 1. The molecule has 0 aliphatic carbocycles. The van der Waals surface area contributed by atoms with Gasteiger partial charge in [-0.2, -0.15) is 0 Å². The molecule has 4 nitrogen and oxygen atoms in total. The quantitative estimate of drug-likeness (QED) is 0.797. The van der Waals surface area contributed by atoms with Crippen LogP contribution in [-0.2, 0) is 11.3 Å². The lowest BCUT2D eigenvalue weighted by molar-refractivity contribution is -0.274. The van der Waals surface area contributed by atoms with Gasteiger partial charge < -0.3 is 19.9 Å². The first-order chi connectivity index (χ1) is 8.96. The summed E-state index contributed by atoms with van der Waals surface area (Å²) in [6.45, 7) is 0.232. The molecule has 1 aromatic carbocycles. The zero-order valence-electron chi connectivity index (χ0n) is 10.4. The van der Waals surface area contributed by atoms with Crippen molar-refractivity contribution >= 4 is 0 Å². The Balaban J connectivity index is 2.67. The number of ether oxygens (including phenoxy) is 2. The normalized spacial score (nSPS) is 13.3. The van der Waals surface area contributed by atoms with Gasteiger partial charge in [-0.3, -0.25) is 0 Å². The molecule has 19 heavy (non-hydrogen) atoms. The number of hydrogen-bond donors (Lipinski definition) is 2. The van der Waals surface area contributed by atoms with Gasteiger partial charge in [0, 0.05) is 19.2 Å². The summed E-state index contributed by atoms with van der Waals surface area (Å²) in [4.78, 5) is 0. The van der Waals surface area contributed by atoms with Gasteiger partial charge in [-0.15, -0.1) is 13.2 Å². The Morgan fingerprint density at radius 2 is 2.00 bits per heavy atom. The van der Waals surface area contributed by atoms with Crippen molar-refractivity contribution in [2.45, 2.75) is 18.9 Å². The second-order valence-electron chi connectivity index (χ2n) is 3.87. The van der Waals surface area contributed by atoms with Crippen LogP contribution in [0.3, 0.4) is 0 Å². The van der Waals surface area contributed by atoms with E-state index >= 15 is 0 Å². The van der Waals surface area contributed by atoms with Gasteiger partial charge in [0.25, 0.3) is 0 Å². The van der Waals surface area contributed by atoms with Gasteiger partial charge >= 0.3 is 6.36 Å². The molecule has 0 heterocycles. The third kappa shape index (κ3) is 5.91. The first-order valence-corrected chi connectivity index (χ1v) is 5.63. The molecular weight excluding hydrogens is 263 g/mol. The van der Waals surface area contributed by atoms with Crippen LogP contribution in [0, 0.1) is 0 Å². The summed E-state index contributed by atoms with van der Waals surface area (Å²) in [7, 11) is 1.48. The Kier molecular flexibility index (Phi) is 6.07. The van der Waals surface area contributed by atoms with E-state index in [0.717, 1.165) is 0 Å². The predicted octanol–water partition coefficient (Wildman–Crippen LogP) is 1.68. The molecule has 0 bridgehead atoms. The van der Waals surface area contributed by atoms with Crippen LogP contribution in [0.2, 0.25) is 0 Å². The number of para-hydroxylation sites is 1. The van der Waals surface area contributed by atoms with E-state index in [1.807, 2.05) is 0 Å². The smallest absolute Gasteiger partial charge is 0.405 e. The van der Waals surface area contributed by atoms with Crippen molar-refractivity contribution in [2.75, 3.05) is 20.3 Å². The van der Waals surface area contributed by atoms with Crippen molar-refractivity contribution < 1.29 is 27.8 Å². The Hall–Kier alpha value is -1.31. The first kappa shape index (κ1) is 15.7. The summed E-state index contributed by atoms with van der Waals surface area (Å²) in [5.74, 6) is -0.253. The van der Waals surface area contributed by atoms with Crippen molar-refractivity contribution in [3.63, 3.8) is 0 Å².